The van der Waals surface area contributed by atoms with Crippen LogP contribution >= 0.6 is 0 Å². The lowest BCUT2D eigenvalue weighted by Gasteiger charge is -2.39. The molecule has 5 aromatic carbocycles. The number of hydrogen-bond donors (Lipinski definition) is 3. The van der Waals surface area contributed by atoms with E-state index < -0.39 is 43.7 Å². The second-order valence-electron chi connectivity index (χ2n) is 14.3. The second-order valence-corrected chi connectivity index (χ2v) is 19.9. The Kier molecular flexibility index (Phi) is 13.8. The summed E-state index contributed by atoms with van der Waals surface area (Å²) in [4.78, 5) is 39.1. The third-order valence-corrected chi connectivity index (χ3v) is 10.7. The first kappa shape index (κ1) is 39.5. The number of benzene rings is 5. The molecule has 0 heterocycles. The Morgan fingerprint density at radius 2 is 1.19 bits per heavy atom. The summed E-state index contributed by atoms with van der Waals surface area (Å²) >= 11 is 0. The highest BCUT2D eigenvalue weighted by Crippen LogP contribution is 2.37. The zero-order valence-corrected chi connectivity index (χ0v) is 31.9. The number of nitrogens with one attached hydrogen (secondary N) is 2. The van der Waals surface area contributed by atoms with E-state index in [9.17, 15) is 19.5 Å². The molecule has 0 saturated carbocycles. The van der Waals surface area contributed by atoms with Crippen molar-refractivity contribution < 1.29 is 33.7 Å². The first-order valence-electron chi connectivity index (χ1n) is 18.1. The van der Waals surface area contributed by atoms with E-state index >= 15 is 0 Å². The Morgan fingerprint density at radius 1 is 0.667 bits per heavy atom. The second kappa shape index (κ2) is 18.9. The van der Waals surface area contributed by atoms with E-state index in [-0.39, 0.29) is 26.2 Å². The normalized spacial score (nSPS) is 12.6. The molecule has 54 heavy (non-hydrogen) atoms. The smallest absolute Gasteiger partial charge is 0.408 e. The molecular weight excluding hydrogens is 697 g/mol. The number of rotatable bonds is 18. The maximum Gasteiger partial charge on any atom is 0.408 e. The average molecular weight is 745 g/mol. The molecule has 2 atom stereocenters. The van der Waals surface area contributed by atoms with E-state index in [1.807, 2.05) is 127 Å². The lowest BCUT2D eigenvalue weighted by Crippen LogP contribution is -2.54. The summed E-state index contributed by atoms with van der Waals surface area (Å²) in [5.74, 6) is -1.24. The van der Waals surface area contributed by atoms with Crippen LogP contribution in [-0.4, -0.2) is 56.5 Å². The number of carboxylic acids is 1. The molecule has 3 N–H and O–H groups in total. The van der Waals surface area contributed by atoms with Crippen molar-refractivity contribution in [3.8, 4) is 5.75 Å². The van der Waals surface area contributed by atoms with Gasteiger partial charge in [-0.1, -0.05) is 153 Å². The Balaban J connectivity index is 1.35. The van der Waals surface area contributed by atoms with Crippen LogP contribution < -0.4 is 15.4 Å². The van der Waals surface area contributed by atoms with Crippen molar-refractivity contribution in [3.63, 3.8) is 0 Å². The third-order valence-electron chi connectivity index (χ3n) is 8.95. The minimum atomic E-state index is -1.48. The molecule has 0 unspecified atom stereocenters. The number of aliphatic carboxylic acids is 1. The zero-order chi connectivity index (χ0) is 38.4. The summed E-state index contributed by atoms with van der Waals surface area (Å²) in [5.41, 5.74) is 3.07. The van der Waals surface area contributed by atoms with Gasteiger partial charge in [0.1, 0.15) is 31.0 Å². The van der Waals surface area contributed by atoms with E-state index in [2.05, 4.69) is 30.3 Å². The molecule has 280 valence electrons. The van der Waals surface area contributed by atoms with E-state index in [4.69, 9.17) is 14.2 Å². The molecule has 0 aliphatic heterocycles. The largest absolute Gasteiger partial charge is 0.491 e. The van der Waals surface area contributed by atoms with Crippen molar-refractivity contribution in [2.45, 2.75) is 56.3 Å². The van der Waals surface area contributed by atoms with Crippen LogP contribution in [0.2, 0.25) is 25.7 Å². The summed E-state index contributed by atoms with van der Waals surface area (Å²) in [6.45, 7) is 6.68. The van der Waals surface area contributed by atoms with Gasteiger partial charge in [0.05, 0.1) is 12.1 Å². The Bertz CT molecular complexity index is 1840. The number of ether oxygens (including phenoxy) is 3. The van der Waals surface area contributed by atoms with Gasteiger partial charge < -0.3 is 24.6 Å². The van der Waals surface area contributed by atoms with Crippen LogP contribution in [-0.2, 0) is 37.6 Å². The van der Waals surface area contributed by atoms with Gasteiger partial charge in [0, 0.05) is 14.5 Å². The molecule has 1 amide bonds. The molecule has 0 saturated heterocycles. The molecule has 0 fully saturated rings. The molecule has 0 aliphatic carbocycles. The molecule has 10 heteroatoms. The minimum absolute atomic E-state index is 0.0479. The summed E-state index contributed by atoms with van der Waals surface area (Å²) < 4.78 is 17.2. The lowest BCUT2D eigenvalue weighted by molar-refractivity contribution is -0.145. The summed E-state index contributed by atoms with van der Waals surface area (Å²) in [5, 5.41) is 16.7. The topological polar surface area (TPSA) is 123 Å². The molecule has 9 nitrogen and oxygen atoms in total. The van der Waals surface area contributed by atoms with E-state index in [1.165, 1.54) is 0 Å². The molecular formula is C44H48N2O7Si. The number of esters is 1. The minimum Gasteiger partial charge on any atom is -0.491 e. The van der Waals surface area contributed by atoms with Gasteiger partial charge in [0.25, 0.3) is 0 Å². The fraction of sp³-hybridized carbons (Fsp3) is 0.250. The Morgan fingerprint density at radius 3 is 1.70 bits per heavy atom. The molecule has 5 aromatic rings. The van der Waals surface area contributed by atoms with E-state index in [0.717, 1.165) is 28.3 Å². The summed E-state index contributed by atoms with van der Waals surface area (Å²) in [7, 11) is -1.48. The first-order chi connectivity index (χ1) is 26.0. The molecule has 0 aromatic heterocycles. The van der Waals surface area contributed by atoms with Crippen LogP contribution in [0.3, 0.4) is 0 Å². The van der Waals surface area contributed by atoms with Gasteiger partial charge in [-0.3, -0.25) is 10.1 Å². The van der Waals surface area contributed by atoms with Crippen LogP contribution in [0.25, 0.3) is 0 Å². The number of carbonyl (C=O) groups is 3. The van der Waals surface area contributed by atoms with Crippen molar-refractivity contribution in [1.82, 2.24) is 10.6 Å². The third kappa shape index (κ3) is 11.1. The lowest BCUT2D eigenvalue weighted by atomic mass is 9.76. The Hall–Kier alpha value is -5.71. The van der Waals surface area contributed by atoms with Gasteiger partial charge in [-0.15, -0.1) is 0 Å². The molecule has 5 rings (SSSR count). The molecule has 0 aliphatic rings. The number of carbonyl (C=O) groups excluding carboxylic acids is 2. The van der Waals surface area contributed by atoms with Crippen LogP contribution in [0.4, 0.5) is 4.79 Å². The number of hydrogen-bond acceptors (Lipinski definition) is 7. The monoisotopic (exact) mass is 744 g/mol. The SMILES string of the molecule is C[Si](C)(C)CCOC(=O)[C@H](Cc1cccc(OC[C@H](NC(c2ccccc2)(c2ccccc2)c2ccccc2)C(=O)O)c1)NC(=O)OCc1ccccc1. The van der Waals surface area contributed by atoms with Gasteiger partial charge in [-0.05, 0) is 46.0 Å². The number of carboxylic acid groups (broad SMARTS) is 1. The quantitative estimate of drug-likeness (QED) is 0.0472. The van der Waals surface area contributed by atoms with Crippen molar-refractivity contribution in [3.05, 3.63) is 173 Å². The maximum absolute atomic E-state index is 13.3. The van der Waals surface area contributed by atoms with Crippen molar-refractivity contribution in [1.29, 1.82) is 0 Å². The highest BCUT2D eigenvalue weighted by molar-refractivity contribution is 6.76. The fourth-order valence-electron chi connectivity index (χ4n) is 6.09. The number of alkyl carbamates (subject to hydrolysis) is 1. The summed E-state index contributed by atoms with van der Waals surface area (Å²) in [6.07, 6.45) is -0.643. The highest BCUT2D eigenvalue weighted by atomic mass is 28.3. The van der Waals surface area contributed by atoms with Gasteiger partial charge in [-0.2, -0.15) is 0 Å². The average Bonchev–Trinajstić information content (AvgIpc) is 3.18. The van der Waals surface area contributed by atoms with Gasteiger partial charge in [-0.25, -0.2) is 9.59 Å². The molecule has 0 spiro atoms. The first-order valence-corrected chi connectivity index (χ1v) is 21.8. The van der Waals surface area contributed by atoms with Crippen molar-refractivity contribution >= 4 is 26.1 Å². The van der Waals surface area contributed by atoms with Crippen LogP contribution in [0.15, 0.2) is 146 Å². The van der Waals surface area contributed by atoms with Gasteiger partial charge in [0.2, 0.25) is 0 Å². The Labute approximate surface area is 318 Å². The van der Waals surface area contributed by atoms with Gasteiger partial charge >= 0.3 is 18.0 Å². The van der Waals surface area contributed by atoms with Crippen LogP contribution in [0.1, 0.15) is 27.8 Å². The van der Waals surface area contributed by atoms with Gasteiger partial charge in [0.15, 0.2) is 0 Å². The zero-order valence-electron chi connectivity index (χ0n) is 30.9. The standard InChI is InChI=1S/C44H48N2O7Si/c1-54(2,3)28-27-51-42(49)39(45-43(50)53-31-33-17-8-4-9-18-33)30-34-19-16-26-38(29-34)52-32-40(41(47)48)46-44(35-20-10-5-11-21-35,36-22-12-6-13-23-36)37-24-14-7-15-25-37/h4-26,29,39-40,46H,27-28,30-32H2,1-3H3,(H,45,50)(H,47,48)/t39-,40-/m0/s1. The van der Waals surface area contributed by atoms with E-state index in [1.54, 1.807) is 18.2 Å². The fourth-order valence-corrected chi connectivity index (χ4v) is 6.80. The van der Waals surface area contributed by atoms with E-state index in [0.29, 0.717) is 11.3 Å². The van der Waals surface area contributed by atoms with Crippen molar-refractivity contribution in [2.75, 3.05) is 13.2 Å². The van der Waals surface area contributed by atoms with Crippen molar-refractivity contribution in [2.24, 2.45) is 0 Å². The molecule has 0 bridgehead atoms. The summed E-state index contributed by atoms with van der Waals surface area (Å²) in [6, 6.07) is 44.2. The van der Waals surface area contributed by atoms with Crippen LogP contribution in [0, 0.1) is 0 Å². The highest BCUT2D eigenvalue weighted by Gasteiger charge is 2.40. The predicted octanol–water partition coefficient (Wildman–Crippen LogP) is 7.82. The number of amides is 1. The maximum atomic E-state index is 13.3. The van der Waals surface area contributed by atoms with Crippen LogP contribution in [0.5, 0.6) is 5.75 Å². The molecule has 0 radical (unpaired) electrons. The predicted molar refractivity (Wildman–Crippen MR) is 212 cm³/mol.